The average Bonchev–Trinajstić information content (AvgIpc) is 3.12. The van der Waals surface area contributed by atoms with Gasteiger partial charge in [-0.1, -0.05) is 42.5 Å². The summed E-state index contributed by atoms with van der Waals surface area (Å²) in [5.74, 6) is 0.319. The molecule has 0 bridgehead atoms. The fourth-order valence-corrected chi connectivity index (χ4v) is 3.80. The normalized spacial score (nSPS) is 11.7. The summed E-state index contributed by atoms with van der Waals surface area (Å²) in [6, 6.07) is 20.0. The molecule has 0 amide bonds. The molecule has 0 saturated heterocycles. The molecule has 27 heavy (non-hydrogen) atoms. The third kappa shape index (κ3) is 3.74. The van der Waals surface area contributed by atoms with Crippen LogP contribution in [0.1, 0.15) is 5.56 Å². The van der Waals surface area contributed by atoms with Crippen molar-refractivity contribution < 1.29 is 12.8 Å². The molecule has 0 unspecified atom stereocenters. The monoisotopic (exact) mass is 381 g/mol. The maximum absolute atomic E-state index is 13.0. The van der Waals surface area contributed by atoms with E-state index in [-0.39, 0.29) is 17.3 Å². The molecule has 4 rings (SSSR count). The molecule has 4 aromatic rings. The number of rotatable bonds is 5. The number of sulfonamides is 1. The van der Waals surface area contributed by atoms with Crippen molar-refractivity contribution in [2.24, 2.45) is 0 Å². The zero-order valence-electron chi connectivity index (χ0n) is 14.2. The van der Waals surface area contributed by atoms with Crippen LogP contribution in [0.4, 0.5) is 4.39 Å². The number of H-pyrrole nitrogens is 1. The quantitative estimate of drug-likeness (QED) is 0.551. The van der Waals surface area contributed by atoms with Gasteiger partial charge in [-0.25, -0.2) is 22.5 Å². The van der Waals surface area contributed by atoms with E-state index in [4.69, 9.17) is 0 Å². The molecule has 0 aliphatic rings. The van der Waals surface area contributed by atoms with Crippen LogP contribution in [0.3, 0.4) is 0 Å². The van der Waals surface area contributed by atoms with Crippen molar-refractivity contribution >= 4 is 21.1 Å². The van der Waals surface area contributed by atoms with Gasteiger partial charge in [0.05, 0.1) is 15.9 Å². The van der Waals surface area contributed by atoms with E-state index in [1.54, 1.807) is 24.3 Å². The average molecular weight is 381 g/mol. The van der Waals surface area contributed by atoms with Gasteiger partial charge in [-0.2, -0.15) is 0 Å². The summed E-state index contributed by atoms with van der Waals surface area (Å²) in [5, 5.41) is 0. The van der Waals surface area contributed by atoms with Gasteiger partial charge in [0, 0.05) is 12.1 Å². The molecule has 5 nitrogen and oxygen atoms in total. The van der Waals surface area contributed by atoms with Gasteiger partial charge in [-0.15, -0.1) is 0 Å². The van der Waals surface area contributed by atoms with Crippen molar-refractivity contribution in [1.29, 1.82) is 0 Å². The minimum Gasteiger partial charge on any atom is -0.338 e. The second-order valence-corrected chi connectivity index (χ2v) is 7.85. The molecule has 0 saturated carbocycles. The minimum atomic E-state index is -3.71. The van der Waals surface area contributed by atoms with E-state index < -0.39 is 10.0 Å². The maximum atomic E-state index is 13.0. The van der Waals surface area contributed by atoms with Crippen LogP contribution >= 0.6 is 0 Å². The number of nitrogens with one attached hydrogen (secondary N) is 2. The standard InChI is InChI=1S/C20H16FN3O2S/c21-16-8-6-14(7-9-16)13-22-27(25,26)17-10-11-18-19(12-17)24-20(23-18)15-4-2-1-3-5-15/h1-12,22H,13H2,(H,23,24). The SMILES string of the molecule is O=S(=O)(NCc1ccc(F)cc1)c1ccc2nc(-c3ccccc3)[nH]c2c1. The molecule has 0 atom stereocenters. The molecular weight excluding hydrogens is 365 g/mol. The lowest BCUT2D eigenvalue weighted by molar-refractivity contribution is 0.581. The van der Waals surface area contributed by atoms with Crippen LogP contribution in [-0.2, 0) is 16.6 Å². The first-order valence-electron chi connectivity index (χ1n) is 8.30. The Balaban J connectivity index is 1.59. The van der Waals surface area contributed by atoms with E-state index >= 15 is 0 Å². The molecule has 7 heteroatoms. The summed E-state index contributed by atoms with van der Waals surface area (Å²) >= 11 is 0. The Bertz CT molecular complexity index is 1190. The summed E-state index contributed by atoms with van der Waals surface area (Å²) in [6.07, 6.45) is 0. The highest BCUT2D eigenvalue weighted by molar-refractivity contribution is 7.89. The van der Waals surface area contributed by atoms with Crippen molar-refractivity contribution in [3.63, 3.8) is 0 Å². The van der Waals surface area contributed by atoms with Gasteiger partial charge >= 0.3 is 0 Å². The lowest BCUT2D eigenvalue weighted by Crippen LogP contribution is -2.23. The van der Waals surface area contributed by atoms with Crippen LogP contribution in [0.5, 0.6) is 0 Å². The third-order valence-corrected chi connectivity index (χ3v) is 5.59. The van der Waals surface area contributed by atoms with E-state index in [2.05, 4.69) is 14.7 Å². The first-order valence-corrected chi connectivity index (χ1v) is 9.79. The fraction of sp³-hybridized carbons (Fsp3) is 0.0500. The second-order valence-electron chi connectivity index (χ2n) is 6.08. The highest BCUT2D eigenvalue weighted by Gasteiger charge is 2.16. The number of aromatic amines is 1. The number of nitrogens with zero attached hydrogens (tertiary/aromatic N) is 1. The van der Waals surface area contributed by atoms with Crippen LogP contribution in [0.15, 0.2) is 77.7 Å². The molecule has 3 aromatic carbocycles. The van der Waals surface area contributed by atoms with Gasteiger partial charge in [0.25, 0.3) is 0 Å². The molecule has 0 spiro atoms. The van der Waals surface area contributed by atoms with Gasteiger partial charge in [0.1, 0.15) is 11.6 Å². The van der Waals surface area contributed by atoms with E-state index in [9.17, 15) is 12.8 Å². The summed E-state index contributed by atoms with van der Waals surface area (Å²) in [6.45, 7) is 0.0822. The van der Waals surface area contributed by atoms with Gasteiger partial charge in [0.15, 0.2) is 0 Å². The third-order valence-electron chi connectivity index (χ3n) is 4.19. The Kier molecular flexibility index (Phi) is 4.47. The number of halogens is 1. The second kappa shape index (κ2) is 6.94. The van der Waals surface area contributed by atoms with Crippen molar-refractivity contribution in [2.75, 3.05) is 0 Å². The first-order chi connectivity index (χ1) is 13.0. The maximum Gasteiger partial charge on any atom is 0.240 e. The van der Waals surface area contributed by atoms with Crippen LogP contribution < -0.4 is 4.72 Å². The Labute approximate surface area is 155 Å². The molecular formula is C20H16FN3O2S. The highest BCUT2D eigenvalue weighted by atomic mass is 32.2. The number of imidazole rings is 1. The molecule has 0 radical (unpaired) electrons. The van der Waals surface area contributed by atoms with Crippen LogP contribution in [-0.4, -0.2) is 18.4 Å². The molecule has 2 N–H and O–H groups in total. The molecule has 0 aliphatic heterocycles. The Morgan fingerprint density at radius 3 is 2.44 bits per heavy atom. The lowest BCUT2D eigenvalue weighted by atomic mass is 10.2. The number of fused-ring (bicyclic) bond motifs is 1. The molecule has 1 heterocycles. The Hall–Kier alpha value is -3.03. The summed E-state index contributed by atoms with van der Waals surface area (Å²) in [5.41, 5.74) is 2.92. The molecule has 136 valence electrons. The highest BCUT2D eigenvalue weighted by Crippen LogP contribution is 2.22. The zero-order valence-corrected chi connectivity index (χ0v) is 15.0. The fourth-order valence-electron chi connectivity index (χ4n) is 2.75. The van der Waals surface area contributed by atoms with Gasteiger partial charge in [-0.3, -0.25) is 0 Å². The van der Waals surface area contributed by atoms with E-state index in [0.717, 1.165) is 5.56 Å². The molecule has 0 aliphatic carbocycles. The number of hydrogen-bond donors (Lipinski definition) is 2. The van der Waals surface area contributed by atoms with E-state index in [1.807, 2.05) is 30.3 Å². The summed E-state index contributed by atoms with van der Waals surface area (Å²) in [7, 11) is -3.71. The van der Waals surface area contributed by atoms with E-state index in [0.29, 0.717) is 22.4 Å². The topological polar surface area (TPSA) is 74.8 Å². The van der Waals surface area contributed by atoms with Crippen molar-refractivity contribution in [2.45, 2.75) is 11.4 Å². The van der Waals surface area contributed by atoms with Gasteiger partial charge < -0.3 is 4.98 Å². The smallest absolute Gasteiger partial charge is 0.240 e. The number of hydrogen-bond acceptors (Lipinski definition) is 3. The Morgan fingerprint density at radius 2 is 1.70 bits per heavy atom. The largest absolute Gasteiger partial charge is 0.338 e. The number of benzene rings is 3. The lowest BCUT2D eigenvalue weighted by Gasteiger charge is -2.07. The number of aromatic nitrogens is 2. The van der Waals surface area contributed by atoms with Crippen LogP contribution in [0, 0.1) is 5.82 Å². The molecule has 1 aromatic heterocycles. The summed E-state index contributed by atoms with van der Waals surface area (Å²) < 4.78 is 40.6. The first kappa shape index (κ1) is 17.4. The van der Waals surface area contributed by atoms with Crippen molar-refractivity contribution in [3.8, 4) is 11.4 Å². The van der Waals surface area contributed by atoms with Gasteiger partial charge in [0.2, 0.25) is 10.0 Å². The van der Waals surface area contributed by atoms with E-state index in [1.165, 1.54) is 18.2 Å². The predicted octanol–water partition coefficient (Wildman–Crippen LogP) is 3.85. The van der Waals surface area contributed by atoms with Gasteiger partial charge in [-0.05, 0) is 35.9 Å². The minimum absolute atomic E-state index is 0.0822. The summed E-state index contributed by atoms with van der Waals surface area (Å²) in [4.78, 5) is 7.80. The van der Waals surface area contributed by atoms with Crippen LogP contribution in [0.2, 0.25) is 0 Å². The molecule has 0 fully saturated rings. The van der Waals surface area contributed by atoms with Crippen LogP contribution in [0.25, 0.3) is 22.4 Å². The van der Waals surface area contributed by atoms with Crippen molar-refractivity contribution in [3.05, 3.63) is 84.2 Å². The predicted molar refractivity (Wildman–Crippen MR) is 102 cm³/mol. The zero-order chi connectivity index (χ0) is 18.9. The Morgan fingerprint density at radius 1 is 0.963 bits per heavy atom. The van der Waals surface area contributed by atoms with Crippen molar-refractivity contribution in [1.82, 2.24) is 14.7 Å².